The van der Waals surface area contributed by atoms with Gasteiger partial charge < -0.3 is 29.6 Å². The van der Waals surface area contributed by atoms with Gasteiger partial charge in [0.15, 0.2) is 5.78 Å². The van der Waals surface area contributed by atoms with Crippen LogP contribution in [0.25, 0.3) is 11.3 Å². The van der Waals surface area contributed by atoms with Gasteiger partial charge in [-0.1, -0.05) is 79.5 Å². The molecule has 5 heterocycles. The van der Waals surface area contributed by atoms with Crippen LogP contribution in [0.1, 0.15) is 69.0 Å². The van der Waals surface area contributed by atoms with E-state index in [1.54, 1.807) is 19.2 Å². The second-order valence-corrected chi connectivity index (χ2v) is 23.2. The number of aromatic nitrogens is 2. The molecular weight excluding hydrogens is 959 g/mol. The van der Waals surface area contributed by atoms with Gasteiger partial charge in [-0.2, -0.15) is 0 Å². The predicted molar refractivity (Wildman–Crippen MR) is 290 cm³/mol. The van der Waals surface area contributed by atoms with Crippen molar-refractivity contribution in [2.24, 2.45) is 23.8 Å². The van der Waals surface area contributed by atoms with Crippen molar-refractivity contribution in [2.75, 3.05) is 48.5 Å². The fourth-order valence-corrected chi connectivity index (χ4v) is 15.3. The minimum atomic E-state index is -0.851. The maximum atomic E-state index is 17.6. The summed E-state index contributed by atoms with van der Waals surface area (Å²) in [7, 11) is 12.4. The molecule has 1 spiro atoms. The van der Waals surface area contributed by atoms with Crippen molar-refractivity contribution in [3.63, 3.8) is 0 Å². The van der Waals surface area contributed by atoms with Gasteiger partial charge in [0.25, 0.3) is 0 Å². The number of likely N-dealkylation sites (N-methyl/N-ethyl adjacent to an activating group) is 2. The third-order valence-electron chi connectivity index (χ3n) is 18.2. The number of hydrogen-bond acceptors (Lipinski definition) is 10. The average molecular weight is 1030 g/mol. The number of imidazole rings is 1. The van der Waals surface area contributed by atoms with Crippen molar-refractivity contribution in [3.8, 4) is 22.8 Å². The number of benzene rings is 4. The van der Waals surface area contributed by atoms with E-state index in [9.17, 15) is 0 Å². The number of rotatable bonds is 15. The molecular formula is C59H75Cl2FN8O3. The fraction of sp³-hybridized carbons (Fsp3) is 0.525. The van der Waals surface area contributed by atoms with E-state index >= 15 is 9.18 Å². The second kappa shape index (κ2) is 21.1. The molecule has 14 heteroatoms. The summed E-state index contributed by atoms with van der Waals surface area (Å²) in [6, 6.07) is 29.6. The monoisotopic (exact) mass is 1030 g/mol. The van der Waals surface area contributed by atoms with Crippen molar-refractivity contribution < 1.29 is 18.7 Å². The van der Waals surface area contributed by atoms with Crippen LogP contribution in [0, 0.1) is 22.6 Å². The first kappa shape index (κ1) is 52.2. The highest BCUT2D eigenvalue weighted by molar-refractivity contribution is 6.31. The number of ketones is 1. The van der Waals surface area contributed by atoms with E-state index in [1.165, 1.54) is 5.56 Å². The van der Waals surface area contributed by atoms with Gasteiger partial charge in [0.05, 0.1) is 40.9 Å². The van der Waals surface area contributed by atoms with Gasteiger partial charge in [-0.3, -0.25) is 19.5 Å². The van der Waals surface area contributed by atoms with Gasteiger partial charge in [-0.25, -0.2) is 9.37 Å². The summed E-state index contributed by atoms with van der Waals surface area (Å²) in [5.41, 5.74) is 3.69. The molecule has 1 aromatic heterocycles. The molecule has 11 nitrogen and oxygen atoms in total. The van der Waals surface area contributed by atoms with Crippen molar-refractivity contribution in [2.45, 2.75) is 127 Å². The number of methoxy groups -OCH3 is 1. The van der Waals surface area contributed by atoms with Crippen LogP contribution in [0.4, 0.5) is 4.39 Å². The van der Waals surface area contributed by atoms with Crippen LogP contribution in [-0.2, 0) is 42.5 Å². The second-order valence-electron chi connectivity index (χ2n) is 22.3. The smallest absolute Gasteiger partial charge is 0.153 e. The summed E-state index contributed by atoms with van der Waals surface area (Å²) in [6.07, 6.45) is 6.54. The van der Waals surface area contributed by atoms with Gasteiger partial charge in [0.2, 0.25) is 0 Å². The lowest BCUT2D eigenvalue weighted by molar-refractivity contribution is -0.154. The van der Waals surface area contributed by atoms with Crippen LogP contribution in [0.2, 0.25) is 10.0 Å². The molecule has 5 aromatic rings. The zero-order valence-corrected chi connectivity index (χ0v) is 45.6. The zero-order chi connectivity index (χ0) is 51.5. The number of hydrogen-bond donors (Lipinski definition) is 2. The molecule has 0 radical (unpaired) electrons. The lowest BCUT2D eigenvalue weighted by atomic mass is 9.54. The van der Waals surface area contributed by atoms with Gasteiger partial charge in [0.1, 0.15) is 23.1 Å². The normalized spacial score (nSPS) is 31.5. The van der Waals surface area contributed by atoms with E-state index in [0.717, 1.165) is 67.0 Å². The molecule has 2 N–H and O–H groups in total. The Kier molecular flexibility index (Phi) is 15.1. The molecule has 4 aromatic carbocycles. The molecule has 10 rings (SSSR count). The van der Waals surface area contributed by atoms with Crippen molar-refractivity contribution in [1.82, 2.24) is 39.8 Å². The van der Waals surface area contributed by atoms with E-state index in [0.29, 0.717) is 48.3 Å². The Labute approximate surface area is 442 Å². The summed E-state index contributed by atoms with van der Waals surface area (Å²) in [5.74, 6) is 2.58. The van der Waals surface area contributed by atoms with Crippen molar-refractivity contribution >= 4 is 29.0 Å². The molecule has 7 unspecified atom stereocenters. The van der Waals surface area contributed by atoms with Crippen LogP contribution < -0.4 is 15.4 Å². The van der Waals surface area contributed by atoms with Gasteiger partial charge >= 0.3 is 0 Å². The minimum Gasteiger partial charge on any atom is -0.457 e. The van der Waals surface area contributed by atoms with E-state index < -0.39 is 16.6 Å². The predicted octanol–water partition coefficient (Wildman–Crippen LogP) is 9.53. The quantitative estimate of drug-likeness (QED) is 0.106. The maximum absolute atomic E-state index is 17.6. The Morgan fingerprint density at radius 2 is 1.67 bits per heavy atom. The highest BCUT2D eigenvalue weighted by atomic mass is 35.5. The Morgan fingerprint density at radius 3 is 2.37 bits per heavy atom. The third-order valence-corrected chi connectivity index (χ3v) is 18.8. The summed E-state index contributed by atoms with van der Waals surface area (Å²) in [5, 5.41) is 9.15. The Morgan fingerprint density at radius 1 is 0.904 bits per heavy atom. The molecule has 4 aliphatic heterocycles. The van der Waals surface area contributed by atoms with Crippen LogP contribution >= 0.6 is 23.2 Å². The van der Waals surface area contributed by atoms with Crippen LogP contribution in [0.3, 0.4) is 0 Å². The zero-order valence-electron chi connectivity index (χ0n) is 44.1. The van der Waals surface area contributed by atoms with Crippen LogP contribution in [-0.4, -0.2) is 138 Å². The SMILES string of the molecule is CC[C@H]1C2N[C@H](COC)C3N(C)[C@@H](Cc4ccc(Cl)c(F)c4)CC4NC[C@H](C)N(C)C5[C@H](Cc6ccccc6)CC(N1Cc1ccc(Cl)cc1Oc1ccc(-c6cnc(CN(C)C)n6C)cc1)C5(CC)C(=O)C423. The van der Waals surface area contributed by atoms with Gasteiger partial charge in [-0.05, 0) is 139 Å². The Bertz CT molecular complexity index is 2760. The van der Waals surface area contributed by atoms with E-state index in [-0.39, 0.29) is 65.3 Å². The lowest BCUT2D eigenvalue weighted by Gasteiger charge is -2.57. The standard InChI is InChI=1S/C59H75Cl2FN8O3/c1-10-48-54-59-51(30-43(26-38-17-24-45(61)46(62)27-38)68(7)56(59)47(65-54)35-72-9)63-31-36(3)67(6)55-41(25-37-15-13-12-14-16-37)28-52(58(55,11-2)57(59)71)70(48)33-40-18-21-42(60)29-50(40)73-44-22-19-39(20-23-44)49-32-64-53(69(49)8)34-66(4)5/h12-24,27,29,32,36,41,43,47-48,51-52,54-56,63,65H,10-11,25-26,28,30-31,33-35H2,1-9H3/t36-,41+,43-,47+,48-,51?,52?,54?,55?,56?,58?,59?/m0/s1. The van der Waals surface area contributed by atoms with Crippen LogP contribution in [0.15, 0.2) is 97.2 Å². The topological polar surface area (TPSA) is 90.4 Å². The van der Waals surface area contributed by atoms with Crippen molar-refractivity contribution in [1.29, 1.82) is 0 Å². The molecule has 0 amide bonds. The number of piperidine rings is 1. The third kappa shape index (κ3) is 9.08. The number of carbonyl (C=O) groups is 1. The fourth-order valence-electron chi connectivity index (χ4n) is 15.0. The lowest BCUT2D eigenvalue weighted by Crippen LogP contribution is -2.73. The molecule has 1 aliphatic carbocycles. The van der Waals surface area contributed by atoms with E-state index in [1.807, 2.05) is 36.5 Å². The molecule has 5 fully saturated rings. The Balaban J connectivity index is 1.10. The first-order valence-electron chi connectivity index (χ1n) is 26.6. The molecule has 4 saturated heterocycles. The summed E-state index contributed by atoms with van der Waals surface area (Å²) < 4.78 is 30.3. The summed E-state index contributed by atoms with van der Waals surface area (Å²) >= 11 is 13.1. The number of likely N-dealkylation sites (tertiary alicyclic amines) is 2. The molecule has 1 saturated carbocycles. The highest BCUT2D eigenvalue weighted by Crippen LogP contribution is 2.63. The Hall–Kier alpha value is -4.21. The summed E-state index contributed by atoms with van der Waals surface area (Å²) in [6.45, 7) is 9.42. The molecule has 2 bridgehead atoms. The van der Waals surface area contributed by atoms with Crippen LogP contribution in [0.5, 0.6) is 11.5 Å². The van der Waals surface area contributed by atoms with E-state index in [4.69, 9.17) is 37.7 Å². The number of nitrogens with zero attached hydrogens (tertiary/aromatic N) is 6. The molecule has 390 valence electrons. The number of carbonyl (C=O) groups excluding carboxylic acids is 1. The van der Waals surface area contributed by atoms with Gasteiger partial charge in [0, 0.05) is 97.8 Å². The number of halogens is 3. The largest absolute Gasteiger partial charge is 0.457 e. The number of Topliss-reactive ketones (excluding diaryl/α,β-unsaturated/α-hetero) is 1. The first-order valence-corrected chi connectivity index (χ1v) is 27.3. The minimum absolute atomic E-state index is 0.0146. The molecule has 5 aliphatic rings. The number of nitrogens with one attached hydrogen (secondary N) is 2. The van der Waals surface area contributed by atoms with Crippen molar-refractivity contribution in [3.05, 3.63) is 136 Å². The molecule has 73 heavy (non-hydrogen) atoms. The number of ether oxygens (including phenoxy) is 2. The summed E-state index contributed by atoms with van der Waals surface area (Å²) in [4.78, 5) is 32.2. The van der Waals surface area contributed by atoms with E-state index in [2.05, 4.69) is 139 Å². The first-order chi connectivity index (χ1) is 35.1. The highest BCUT2D eigenvalue weighted by Gasteiger charge is 2.77. The average Bonchev–Trinajstić information content (AvgIpc) is 4.02. The maximum Gasteiger partial charge on any atom is 0.153 e. The van der Waals surface area contributed by atoms with Gasteiger partial charge in [-0.15, -0.1) is 0 Å². The molecule has 12 atom stereocenters.